The largest absolute Gasteiger partial charge is 0.383 e. The van der Waals surface area contributed by atoms with E-state index in [1.807, 2.05) is 13.2 Å². The van der Waals surface area contributed by atoms with E-state index in [0.717, 1.165) is 24.9 Å². The summed E-state index contributed by atoms with van der Waals surface area (Å²) in [5.41, 5.74) is 6.95. The van der Waals surface area contributed by atoms with Gasteiger partial charge in [-0.2, -0.15) is 0 Å². The molecule has 2 rings (SSSR count). The van der Waals surface area contributed by atoms with Crippen LogP contribution in [0.3, 0.4) is 0 Å². The third-order valence-corrected chi connectivity index (χ3v) is 3.97. The molecule has 0 spiro atoms. The predicted octanol–water partition coefficient (Wildman–Crippen LogP) is 2.27. The lowest BCUT2D eigenvalue weighted by Gasteiger charge is -2.37. The number of aromatic nitrogens is 1. The van der Waals surface area contributed by atoms with Crippen molar-refractivity contribution >= 4 is 5.82 Å². The van der Waals surface area contributed by atoms with Crippen molar-refractivity contribution in [3.05, 3.63) is 23.9 Å². The zero-order chi connectivity index (χ0) is 13.0. The second kappa shape index (κ2) is 5.67. The van der Waals surface area contributed by atoms with Crippen molar-refractivity contribution in [3.63, 3.8) is 0 Å². The number of nitrogens with zero attached hydrogens (tertiary/aromatic N) is 1. The maximum absolute atomic E-state index is 6.03. The molecule has 1 heterocycles. The summed E-state index contributed by atoms with van der Waals surface area (Å²) in [6.07, 6.45) is 6.33. The van der Waals surface area contributed by atoms with E-state index < -0.39 is 0 Å². The molecule has 0 radical (unpaired) electrons. The van der Waals surface area contributed by atoms with Crippen molar-refractivity contribution in [1.82, 2.24) is 10.3 Å². The van der Waals surface area contributed by atoms with Crippen LogP contribution in [0.5, 0.6) is 0 Å². The minimum absolute atomic E-state index is 0.128. The van der Waals surface area contributed by atoms with Crippen LogP contribution >= 0.6 is 0 Å². The van der Waals surface area contributed by atoms with Gasteiger partial charge in [-0.1, -0.05) is 25.8 Å². The van der Waals surface area contributed by atoms with E-state index in [4.69, 9.17) is 10.5 Å². The molecular weight excluding hydrogens is 226 g/mol. The average Bonchev–Trinajstić information content (AvgIpc) is 2.87. The van der Waals surface area contributed by atoms with Crippen molar-refractivity contribution in [2.24, 2.45) is 0 Å². The first-order chi connectivity index (χ1) is 8.73. The van der Waals surface area contributed by atoms with Crippen LogP contribution < -0.4 is 11.1 Å². The molecular formula is C14H23N3O. The fourth-order valence-corrected chi connectivity index (χ4v) is 3.04. The van der Waals surface area contributed by atoms with Crippen LogP contribution in [0.4, 0.5) is 5.82 Å². The molecule has 0 aliphatic heterocycles. The molecule has 18 heavy (non-hydrogen) atoms. The summed E-state index contributed by atoms with van der Waals surface area (Å²) in [4.78, 5) is 4.20. The third-order valence-electron chi connectivity index (χ3n) is 3.97. The number of pyridine rings is 1. The molecule has 1 unspecified atom stereocenters. The Morgan fingerprint density at radius 1 is 1.50 bits per heavy atom. The van der Waals surface area contributed by atoms with Gasteiger partial charge in [0.15, 0.2) is 0 Å². The molecule has 1 aromatic heterocycles. The Morgan fingerprint density at radius 2 is 2.22 bits per heavy atom. The van der Waals surface area contributed by atoms with Gasteiger partial charge in [0.2, 0.25) is 0 Å². The molecule has 1 aliphatic rings. The number of methoxy groups -OCH3 is 1. The van der Waals surface area contributed by atoms with Crippen LogP contribution in [-0.2, 0) is 4.74 Å². The Morgan fingerprint density at radius 3 is 2.78 bits per heavy atom. The molecule has 0 amide bonds. The quantitative estimate of drug-likeness (QED) is 0.840. The molecule has 0 bridgehead atoms. The van der Waals surface area contributed by atoms with Crippen LogP contribution in [0.25, 0.3) is 0 Å². The van der Waals surface area contributed by atoms with Crippen molar-refractivity contribution in [2.75, 3.05) is 19.4 Å². The molecule has 3 N–H and O–H groups in total. The number of hydrogen-bond acceptors (Lipinski definition) is 4. The standard InChI is InChI=1S/C14H23N3O/c1-3-16-12(11-7-6-10-17-13(11)15)14(18-2)8-4-5-9-14/h6-7,10,12,16H,3-5,8-9H2,1-2H3,(H2,15,17). The van der Waals surface area contributed by atoms with Crippen LogP contribution in [0.15, 0.2) is 18.3 Å². The first-order valence-corrected chi connectivity index (χ1v) is 6.72. The van der Waals surface area contributed by atoms with Gasteiger partial charge in [0.25, 0.3) is 0 Å². The van der Waals surface area contributed by atoms with Gasteiger partial charge in [-0.05, 0) is 25.5 Å². The Labute approximate surface area is 109 Å². The second-order valence-electron chi connectivity index (χ2n) is 4.94. The minimum Gasteiger partial charge on any atom is -0.383 e. The van der Waals surface area contributed by atoms with E-state index in [0.29, 0.717) is 5.82 Å². The van der Waals surface area contributed by atoms with Crippen LogP contribution in [0.1, 0.15) is 44.2 Å². The number of nitrogens with two attached hydrogens (primary N) is 1. The van der Waals surface area contributed by atoms with E-state index in [9.17, 15) is 0 Å². The lowest BCUT2D eigenvalue weighted by Crippen LogP contribution is -2.44. The number of rotatable bonds is 5. The summed E-state index contributed by atoms with van der Waals surface area (Å²) in [7, 11) is 1.81. The van der Waals surface area contributed by atoms with Gasteiger partial charge in [-0.15, -0.1) is 0 Å². The molecule has 1 aromatic rings. The summed E-state index contributed by atoms with van der Waals surface area (Å²) in [6.45, 7) is 3.00. The Balaban J connectivity index is 2.36. The number of nitrogens with one attached hydrogen (secondary N) is 1. The maximum Gasteiger partial charge on any atom is 0.128 e. The molecule has 1 aliphatic carbocycles. The van der Waals surface area contributed by atoms with Gasteiger partial charge < -0.3 is 15.8 Å². The summed E-state index contributed by atoms with van der Waals surface area (Å²) in [5.74, 6) is 0.603. The summed E-state index contributed by atoms with van der Waals surface area (Å²) < 4.78 is 5.88. The van der Waals surface area contributed by atoms with E-state index >= 15 is 0 Å². The van der Waals surface area contributed by atoms with Crippen molar-refractivity contribution < 1.29 is 4.74 Å². The van der Waals surface area contributed by atoms with E-state index in [2.05, 4.69) is 23.3 Å². The number of hydrogen-bond donors (Lipinski definition) is 2. The van der Waals surface area contributed by atoms with Crippen LogP contribution in [-0.4, -0.2) is 24.2 Å². The highest BCUT2D eigenvalue weighted by Gasteiger charge is 2.42. The topological polar surface area (TPSA) is 60.2 Å². The maximum atomic E-state index is 6.03. The van der Waals surface area contributed by atoms with E-state index in [1.54, 1.807) is 6.20 Å². The number of anilines is 1. The van der Waals surface area contributed by atoms with Crippen molar-refractivity contribution in [3.8, 4) is 0 Å². The molecule has 1 atom stereocenters. The monoisotopic (exact) mass is 249 g/mol. The molecule has 1 saturated carbocycles. The van der Waals surface area contributed by atoms with Gasteiger partial charge in [-0.25, -0.2) is 4.98 Å². The highest BCUT2D eigenvalue weighted by atomic mass is 16.5. The summed E-state index contributed by atoms with van der Waals surface area (Å²) in [6, 6.07) is 4.12. The molecule has 4 heteroatoms. The van der Waals surface area contributed by atoms with Gasteiger partial charge in [-0.3, -0.25) is 0 Å². The van der Waals surface area contributed by atoms with Gasteiger partial charge >= 0.3 is 0 Å². The lowest BCUT2D eigenvalue weighted by molar-refractivity contribution is -0.0363. The summed E-state index contributed by atoms with van der Waals surface area (Å²) >= 11 is 0. The first kappa shape index (κ1) is 13.3. The Hall–Kier alpha value is -1.13. The summed E-state index contributed by atoms with van der Waals surface area (Å²) in [5, 5.41) is 3.53. The normalized spacial score (nSPS) is 19.9. The number of ether oxygens (including phenoxy) is 1. The zero-order valence-electron chi connectivity index (χ0n) is 11.3. The highest BCUT2D eigenvalue weighted by Crippen LogP contribution is 2.43. The Kier molecular flexibility index (Phi) is 4.19. The molecule has 4 nitrogen and oxygen atoms in total. The van der Waals surface area contributed by atoms with Gasteiger partial charge in [0, 0.05) is 18.9 Å². The predicted molar refractivity (Wildman–Crippen MR) is 73.3 cm³/mol. The smallest absolute Gasteiger partial charge is 0.128 e. The molecule has 0 aromatic carbocycles. The fourth-order valence-electron chi connectivity index (χ4n) is 3.04. The van der Waals surface area contributed by atoms with Crippen LogP contribution in [0, 0.1) is 0 Å². The first-order valence-electron chi connectivity index (χ1n) is 6.72. The van der Waals surface area contributed by atoms with E-state index in [-0.39, 0.29) is 11.6 Å². The van der Waals surface area contributed by atoms with Gasteiger partial charge in [0.1, 0.15) is 5.82 Å². The highest BCUT2D eigenvalue weighted by molar-refractivity contribution is 5.42. The Bertz CT molecular complexity index is 388. The lowest BCUT2D eigenvalue weighted by atomic mass is 9.86. The molecule has 1 fully saturated rings. The number of likely N-dealkylation sites (N-methyl/N-ethyl adjacent to an activating group) is 1. The minimum atomic E-state index is -0.132. The van der Waals surface area contributed by atoms with Gasteiger partial charge in [0.05, 0.1) is 11.6 Å². The fraction of sp³-hybridized carbons (Fsp3) is 0.643. The van der Waals surface area contributed by atoms with Crippen LogP contribution in [0.2, 0.25) is 0 Å². The zero-order valence-corrected chi connectivity index (χ0v) is 11.3. The average molecular weight is 249 g/mol. The van der Waals surface area contributed by atoms with E-state index in [1.165, 1.54) is 12.8 Å². The van der Waals surface area contributed by atoms with Crippen molar-refractivity contribution in [2.45, 2.75) is 44.2 Å². The number of nitrogen functional groups attached to an aromatic ring is 1. The van der Waals surface area contributed by atoms with Crippen molar-refractivity contribution in [1.29, 1.82) is 0 Å². The molecule has 0 saturated heterocycles. The molecule has 100 valence electrons. The third kappa shape index (κ3) is 2.35. The second-order valence-corrected chi connectivity index (χ2v) is 4.94. The SMILES string of the molecule is CCNC(c1cccnc1N)C1(OC)CCCC1.